The molecule has 0 saturated carbocycles. The van der Waals surface area contributed by atoms with E-state index in [1.807, 2.05) is 40.9 Å². The fourth-order valence-corrected chi connectivity index (χ4v) is 7.98. The molecular weight excluding hydrogens is 748 g/mol. The van der Waals surface area contributed by atoms with Crippen LogP contribution in [0, 0.1) is 11.6 Å². The van der Waals surface area contributed by atoms with E-state index in [0.717, 1.165) is 75.6 Å². The van der Waals surface area contributed by atoms with E-state index in [0.29, 0.717) is 52.4 Å². The lowest BCUT2D eigenvalue weighted by atomic mass is 10.0. The van der Waals surface area contributed by atoms with Gasteiger partial charge in [0.25, 0.3) is 5.91 Å². The second-order valence-electron chi connectivity index (χ2n) is 14.5. The topological polar surface area (TPSA) is 111 Å². The van der Waals surface area contributed by atoms with E-state index >= 15 is 0 Å². The molecule has 1 unspecified atom stereocenters. The molecule has 0 bridgehead atoms. The Morgan fingerprint density at radius 3 is 2.43 bits per heavy atom. The summed E-state index contributed by atoms with van der Waals surface area (Å²) < 4.78 is 54.8. The van der Waals surface area contributed by atoms with E-state index in [-0.39, 0.29) is 12.2 Å². The van der Waals surface area contributed by atoms with Gasteiger partial charge in [0, 0.05) is 93.2 Å². The lowest BCUT2D eigenvalue weighted by Crippen LogP contribution is -2.53. The quantitative estimate of drug-likeness (QED) is 0.130. The van der Waals surface area contributed by atoms with Crippen LogP contribution >= 0.6 is 0 Å². The van der Waals surface area contributed by atoms with Crippen molar-refractivity contribution in [1.29, 1.82) is 0 Å². The lowest BCUT2D eigenvalue weighted by Gasteiger charge is -2.43. The molecule has 2 saturated heterocycles. The number of rotatable bonds is 12. The summed E-state index contributed by atoms with van der Waals surface area (Å²) in [5.74, 6) is -1.11. The summed E-state index contributed by atoms with van der Waals surface area (Å²) in [5, 5.41) is 9.34. The Balaban J connectivity index is 0.989. The van der Waals surface area contributed by atoms with E-state index in [1.54, 1.807) is 38.6 Å². The Morgan fingerprint density at radius 2 is 1.69 bits per heavy atom. The molecule has 15 heteroatoms. The molecule has 3 aliphatic rings. The zero-order chi connectivity index (χ0) is 40.2. The third-order valence-corrected chi connectivity index (χ3v) is 11.1. The lowest BCUT2D eigenvalue weighted by molar-refractivity contribution is 0.0816. The van der Waals surface area contributed by atoms with Crippen LogP contribution in [0.2, 0.25) is 0 Å². The van der Waals surface area contributed by atoms with E-state index in [9.17, 15) is 18.0 Å². The molecule has 3 aromatic carbocycles. The summed E-state index contributed by atoms with van der Waals surface area (Å²) in [7, 11) is 3.24. The molecule has 12 nitrogen and oxygen atoms in total. The maximum atomic E-state index is 14.4. The Kier molecular flexibility index (Phi) is 11.5. The van der Waals surface area contributed by atoms with Gasteiger partial charge in [-0.25, -0.2) is 23.1 Å². The van der Waals surface area contributed by atoms with Gasteiger partial charge in [-0.3, -0.25) is 19.0 Å². The first kappa shape index (κ1) is 38.8. The Hall–Kier alpha value is -6.06. The van der Waals surface area contributed by atoms with Gasteiger partial charge in [-0.05, 0) is 61.4 Å². The highest BCUT2D eigenvalue weighted by Crippen LogP contribution is 2.35. The average molecular weight is 794 g/mol. The molecule has 3 N–H and O–H groups in total. The van der Waals surface area contributed by atoms with Crippen molar-refractivity contribution < 1.29 is 27.4 Å². The summed E-state index contributed by atoms with van der Waals surface area (Å²) in [5.41, 5.74) is 4.68. The van der Waals surface area contributed by atoms with Crippen molar-refractivity contribution >= 4 is 40.5 Å². The minimum absolute atomic E-state index is 0.192. The van der Waals surface area contributed by atoms with Crippen molar-refractivity contribution in [2.45, 2.75) is 25.2 Å². The minimum atomic E-state index is -0.871. The number of alkyl halides is 1. The summed E-state index contributed by atoms with van der Waals surface area (Å²) in [6.07, 6.45) is 6.99. The van der Waals surface area contributed by atoms with Crippen LogP contribution in [0.4, 0.5) is 30.2 Å². The molecule has 0 aliphatic carbocycles. The average Bonchev–Trinajstić information content (AvgIpc) is 3.65. The van der Waals surface area contributed by atoms with Gasteiger partial charge in [-0.15, -0.1) is 0 Å². The first-order chi connectivity index (χ1) is 28.3. The van der Waals surface area contributed by atoms with Crippen molar-refractivity contribution in [2.24, 2.45) is 4.99 Å². The number of halogens is 3. The Bertz CT molecular complexity index is 2310. The van der Waals surface area contributed by atoms with Gasteiger partial charge in [0.05, 0.1) is 37.0 Å². The van der Waals surface area contributed by atoms with Crippen LogP contribution in [0.25, 0.3) is 22.6 Å². The molecule has 1 atom stereocenters. The number of allylic oxidation sites excluding steroid dienone is 1. The largest absolute Gasteiger partial charge is 0.497 e. The Morgan fingerprint density at radius 1 is 0.914 bits per heavy atom. The molecule has 0 spiro atoms. The highest BCUT2D eigenvalue weighted by atomic mass is 19.1. The van der Waals surface area contributed by atoms with Gasteiger partial charge < -0.3 is 30.3 Å². The predicted octanol–water partition coefficient (Wildman–Crippen LogP) is 6.52. The van der Waals surface area contributed by atoms with Gasteiger partial charge in [0.15, 0.2) is 6.29 Å². The van der Waals surface area contributed by atoms with Gasteiger partial charge in [-0.1, -0.05) is 18.2 Å². The van der Waals surface area contributed by atoms with Crippen molar-refractivity contribution in [3.8, 4) is 22.8 Å². The van der Waals surface area contributed by atoms with E-state index < -0.39 is 29.5 Å². The number of para-hydroxylation sites is 1. The fraction of sp³-hybridized carbons (Fsp3) is 0.326. The number of aliphatic imine (C=N–C) groups is 1. The fourth-order valence-electron chi connectivity index (χ4n) is 7.98. The number of carbonyl (C=O) groups excluding carboxylic acids is 1. The number of benzene rings is 3. The number of hydrogen-bond acceptors (Lipinski definition) is 10. The summed E-state index contributed by atoms with van der Waals surface area (Å²) in [6, 6.07) is 20.5. The second-order valence-corrected chi connectivity index (χ2v) is 14.5. The maximum absolute atomic E-state index is 14.4. The first-order valence-electron chi connectivity index (χ1n) is 19.5. The zero-order valence-electron chi connectivity index (χ0n) is 32.4. The van der Waals surface area contributed by atoms with Crippen LogP contribution in [-0.2, 0) is 0 Å². The molecular formula is C43H46F3N9O3. The number of methoxy groups -OCH3 is 2. The summed E-state index contributed by atoms with van der Waals surface area (Å²) in [4.78, 5) is 30.1. The van der Waals surface area contributed by atoms with Crippen LogP contribution in [0.1, 0.15) is 28.9 Å². The number of fused-ring (bicyclic) bond motifs is 1. The van der Waals surface area contributed by atoms with E-state index in [4.69, 9.17) is 14.5 Å². The van der Waals surface area contributed by atoms with Crippen LogP contribution < -0.4 is 30.3 Å². The summed E-state index contributed by atoms with van der Waals surface area (Å²) >= 11 is 0. The van der Waals surface area contributed by atoms with Gasteiger partial charge >= 0.3 is 0 Å². The molecule has 8 rings (SSSR count). The van der Waals surface area contributed by atoms with Gasteiger partial charge in [0.2, 0.25) is 0 Å². The molecule has 3 aliphatic heterocycles. The number of anilines is 3. The normalized spacial score (nSPS) is 17.8. The van der Waals surface area contributed by atoms with Crippen molar-refractivity contribution in [1.82, 2.24) is 24.5 Å². The molecule has 5 aromatic rings. The number of aromatic nitrogens is 2. The highest BCUT2D eigenvalue weighted by Gasteiger charge is 2.28. The van der Waals surface area contributed by atoms with Gasteiger partial charge in [-0.2, -0.15) is 0 Å². The molecule has 5 heterocycles. The Labute approximate surface area is 335 Å². The molecule has 2 aromatic heterocycles. The SMILES string of the molecule is COc1ccn2c(C3=CC=NC(Nc4ccc(N5CCC(N6CCN(CCF)CC6)CC5)cc4OC)N3)c(-c3cccc(C(=O)Nc4c(F)cccc4F)c3)nc2c1. The number of nitrogens with zero attached hydrogens (tertiary/aromatic N) is 6. The van der Waals surface area contributed by atoms with Crippen LogP contribution in [-0.4, -0.2) is 110 Å². The number of piperazine rings is 1. The smallest absolute Gasteiger partial charge is 0.255 e. The van der Waals surface area contributed by atoms with E-state index in [1.165, 1.54) is 6.07 Å². The molecule has 2 fully saturated rings. The molecule has 302 valence electrons. The number of pyridine rings is 1. The zero-order valence-corrected chi connectivity index (χ0v) is 32.4. The highest BCUT2D eigenvalue weighted by molar-refractivity contribution is 6.05. The monoisotopic (exact) mass is 793 g/mol. The summed E-state index contributed by atoms with van der Waals surface area (Å²) in [6.45, 7) is 5.98. The second kappa shape index (κ2) is 17.2. The van der Waals surface area contributed by atoms with Crippen LogP contribution in [0.3, 0.4) is 0 Å². The van der Waals surface area contributed by atoms with Crippen molar-refractivity contribution in [3.05, 3.63) is 108 Å². The number of amides is 1. The number of nitrogens with one attached hydrogen (secondary N) is 3. The maximum Gasteiger partial charge on any atom is 0.255 e. The molecule has 58 heavy (non-hydrogen) atoms. The van der Waals surface area contributed by atoms with Crippen LogP contribution in [0.5, 0.6) is 11.5 Å². The third kappa shape index (κ3) is 8.18. The molecule has 1 amide bonds. The number of carbonyl (C=O) groups is 1. The van der Waals surface area contributed by atoms with Crippen molar-refractivity contribution in [2.75, 3.05) is 82.2 Å². The van der Waals surface area contributed by atoms with E-state index in [2.05, 4.69) is 47.8 Å². The number of piperidine rings is 1. The van der Waals surface area contributed by atoms with Crippen LogP contribution in [0.15, 0.2) is 90.1 Å². The van der Waals surface area contributed by atoms with Crippen molar-refractivity contribution in [3.63, 3.8) is 0 Å². The molecule has 0 radical (unpaired) electrons. The minimum Gasteiger partial charge on any atom is -0.497 e. The third-order valence-electron chi connectivity index (χ3n) is 11.1. The van der Waals surface area contributed by atoms with Gasteiger partial charge in [0.1, 0.15) is 41.1 Å². The number of imidazole rings is 1. The number of ether oxygens (including phenoxy) is 2. The first-order valence-corrected chi connectivity index (χ1v) is 19.5. The standard InChI is InChI=1S/C43H46F3N9O3/c1-57-32-14-19-55-38(27-32)50-39(28-5-3-6-29(25-28)42(56)51-40-33(45)7-4-8-34(40)46)41(55)36-11-16-47-43(49-36)48-35-10-9-31(26-37(35)58-2)53-17-12-30(13-18-53)54-23-21-52(20-15-44)22-24-54/h3-11,14,16,19,25-27,30,43,48-49H,12-13,15,17-18,20-24H2,1-2H3,(H,51,56). The number of hydrogen-bond donors (Lipinski definition) is 3. The predicted molar refractivity (Wildman–Crippen MR) is 221 cm³/mol.